The number of hydrogen-bond donors (Lipinski definition) is 1. The predicted molar refractivity (Wildman–Crippen MR) is 95.3 cm³/mol. The fourth-order valence-corrected chi connectivity index (χ4v) is 3.95. The number of anilines is 1. The second-order valence-electron chi connectivity index (χ2n) is 5.98. The fraction of sp³-hybridized carbons (Fsp3) is 0.529. The van der Waals surface area contributed by atoms with E-state index in [0.29, 0.717) is 12.5 Å². The molecule has 0 aliphatic heterocycles. The van der Waals surface area contributed by atoms with Gasteiger partial charge in [0.2, 0.25) is 5.13 Å². The highest BCUT2D eigenvalue weighted by Crippen LogP contribution is 2.38. The maximum Gasteiger partial charge on any atom is 0.203 e. The van der Waals surface area contributed by atoms with Crippen molar-refractivity contribution in [1.29, 1.82) is 0 Å². The molecular weight excluding hydrogens is 330 g/mol. The number of nitrogens with one attached hydrogen (secondary N) is 1. The van der Waals surface area contributed by atoms with Crippen molar-refractivity contribution >= 4 is 28.3 Å². The summed E-state index contributed by atoms with van der Waals surface area (Å²) in [5.74, 6) is 1.49. The summed E-state index contributed by atoms with van der Waals surface area (Å²) in [5.41, 5.74) is 1.27. The lowest BCUT2D eigenvalue weighted by Crippen LogP contribution is -2.19. The third kappa shape index (κ3) is 4.43. The van der Waals surface area contributed by atoms with Gasteiger partial charge in [0, 0.05) is 30.1 Å². The third-order valence-electron chi connectivity index (χ3n) is 4.38. The Kier molecular flexibility index (Phi) is 5.86. The highest BCUT2D eigenvalue weighted by molar-refractivity contribution is 7.09. The van der Waals surface area contributed by atoms with Gasteiger partial charge in [-0.3, -0.25) is 0 Å². The van der Waals surface area contributed by atoms with Crippen molar-refractivity contribution in [3.8, 4) is 0 Å². The van der Waals surface area contributed by atoms with Crippen LogP contribution in [-0.4, -0.2) is 23.1 Å². The second-order valence-corrected chi connectivity index (χ2v) is 7.16. The van der Waals surface area contributed by atoms with E-state index in [-0.39, 0.29) is 6.04 Å². The second kappa shape index (κ2) is 8.08. The van der Waals surface area contributed by atoms with Crippen molar-refractivity contribution in [1.82, 2.24) is 9.36 Å². The van der Waals surface area contributed by atoms with Crippen LogP contribution in [-0.2, 0) is 11.2 Å². The van der Waals surface area contributed by atoms with E-state index < -0.39 is 0 Å². The lowest BCUT2D eigenvalue weighted by Gasteiger charge is -2.24. The fourth-order valence-electron chi connectivity index (χ4n) is 3.17. The summed E-state index contributed by atoms with van der Waals surface area (Å²) in [4.78, 5) is 4.59. The molecule has 1 N–H and O–H groups in total. The van der Waals surface area contributed by atoms with Gasteiger partial charge in [-0.05, 0) is 36.5 Å². The average molecular weight is 352 g/mol. The Labute approximate surface area is 146 Å². The van der Waals surface area contributed by atoms with Crippen molar-refractivity contribution in [2.75, 3.05) is 19.0 Å². The van der Waals surface area contributed by atoms with Crippen molar-refractivity contribution in [3.63, 3.8) is 0 Å². The summed E-state index contributed by atoms with van der Waals surface area (Å²) in [6, 6.07) is 8.43. The van der Waals surface area contributed by atoms with Crippen LogP contribution in [0.1, 0.15) is 43.1 Å². The number of rotatable bonds is 7. The number of aromatic nitrogens is 2. The first-order valence-corrected chi connectivity index (χ1v) is 9.25. The van der Waals surface area contributed by atoms with Gasteiger partial charge in [0.15, 0.2) is 0 Å². The van der Waals surface area contributed by atoms with E-state index in [1.807, 2.05) is 12.1 Å². The molecule has 1 fully saturated rings. The normalized spacial score (nSPS) is 16.6. The average Bonchev–Trinajstić information content (AvgIpc) is 3.23. The van der Waals surface area contributed by atoms with E-state index in [2.05, 4.69) is 26.8 Å². The van der Waals surface area contributed by atoms with Crippen molar-refractivity contribution < 1.29 is 4.74 Å². The molecule has 3 rings (SSSR count). The molecule has 0 bridgehead atoms. The smallest absolute Gasteiger partial charge is 0.203 e. The first-order valence-electron chi connectivity index (χ1n) is 8.10. The van der Waals surface area contributed by atoms with E-state index in [1.165, 1.54) is 42.8 Å². The molecule has 1 heterocycles. The van der Waals surface area contributed by atoms with E-state index in [1.54, 1.807) is 7.11 Å². The molecule has 1 aliphatic carbocycles. The number of ether oxygens (including phenoxy) is 1. The Bertz CT molecular complexity index is 611. The van der Waals surface area contributed by atoms with Crippen molar-refractivity contribution in [3.05, 3.63) is 40.7 Å². The minimum Gasteiger partial charge on any atom is -0.384 e. The van der Waals surface area contributed by atoms with Gasteiger partial charge >= 0.3 is 0 Å². The molecule has 2 aromatic rings. The maximum atomic E-state index is 6.04. The molecule has 6 heteroatoms. The van der Waals surface area contributed by atoms with Gasteiger partial charge in [-0.2, -0.15) is 4.37 Å². The topological polar surface area (TPSA) is 47.0 Å². The van der Waals surface area contributed by atoms with E-state index in [4.69, 9.17) is 16.3 Å². The van der Waals surface area contributed by atoms with Gasteiger partial charge in [-0.1, -0.05) is 36.6 Å². The Morgan fingerprint density at radius 3 is 2.74 bits per heavy atom. The predicted octanol–water partition coefficient (Wildman–Crippen LogP) is 4.72. The zero-order chi connectivity index (χ0) is 16.1. The zero-order valence-corrected chi connectivity index (χ0v) is 14.9. The molecule has 1 aliphatic rings. The number of nitrogens with zero attached hydrogens (tertiary/aromatic N) is 2. The highest BCUT2D eigenvalue weighted by Gasteiger charge is 2.27. The Balaban J connectivity index is 1.75. The van der Waals surface area contributed by atoms with E-state index in [9.17, 15) is 0 Å². The monoisotopic (exact) mass is 351 g/mol. The zero-order valence-electron chi connectivity index (χ0n) is 13.3. The summed E-state index contributed by atoms with van der Waals surface area (Å²) < 4.78 is 9.50. The van der Waals surface area contributed by atoms with E-state index in [0.717, 1.165) is 22.4 Å². The van der Waals surface area contributed by atoms with Crippen LogP contribution in [0.15, 0.2) is 24.3 Å². The van der Waals surface area contributed by atoms with Crippen LogP contribution in [0, 0.1) is 5.92 Å². The molecule has 1 aromatic carbocycles. The number of halogens is 1. The Hall–Kier alpha value is -1.17. The standard InChI is InChI=1S/C17H22ClN3OS/c1-22-11-10-15-19-17(23-21-15)20-16(12-4-2-3-5-12)13-6-8-14(18)9-7-13/h6-9,12,16H,2-5,10-11H2,1H3,(H,19,20,21). The third-order valence-corrected chi connectivity index (χ3v) is 5.31. The molecule has 1 aromatic heterocycles. The highest BCUT2D eigenvalue weighted by atomic mass is 35.5. The Morgan fingerprint density at radius 2 is 2.04 bits per heavy atom. The molecule has 1 unspecified atom stereocenters. The van der Waals surface area contributed by atoms with Crippen molar-refractivity contribution in [2.45, 2.75) is 38.1 Å². The van der Waals surface area contributed by atoms with Gasteiger partial charge in [-0.15, -0.1) is 0 Å². The van der Waals surface area contributed by atoms with Crippen LogP contribution < -0.4 is 5.32 Å². The number of benzene rings is 1. The molecule has 0 saturated heterocycles. The molecule has 0 amide bonds. The van der Waals surface area contributed by atoms with Gasteiger partial charge in [0.25, 0.3) is 0 Å². The minimum absolute atomic E-state index is 0.276. The van der Waals surface area contributed by atoms with Crippen LogP contribution in [0.3, 0.4) is 0 Å². The number of hydrogen-bond acceptors (Lipinski definition) is 5. The molecule has 23 heavy (non-hydrogen) atoms. The maximum absolute atomic E-state index is 6.04. The number of methoxy groups -OCH3 is 1. The van der Waals surface area contributed by atoms with Crippen LogP contribution in [0.5, 0.6) is 0 Å². The molecule has 0 radical (unpaired) electrons. The van der Waals surface area contributed by atoms with Gasteiger partial charge in [0.1, 0.15) is 5.82 Å². The first-order chi connectivity index (χ1) is 11.3. The molecule has 1 saturated carbocycles. The van der Waals surface area contributed by atoms with Gasteiger partial charge < -0.3 is 10.1 Å². The minimum atomic E-state index is 0.276. The van der Waals surface area contributed by atoms with E-state index >= 15 is 0 Å². The van der Waals surface area contributed by atoms with Crippen molar-refractivity contribution in [2.24, 2.45) is 5.92 Å². The van der Waals surface area contributed by atoms with Crippen LogP contribution in [0.2, 0.25) is 5.02 Å². The largest absolute Gasteiger partial charge is 0.384 e. The quantitative estimate of drug-likeness (QED) is 0.783. The lowest BCUT2D eigenvalue weighted by molar-refractivity contribution is 0.201. The summed E-state index contributed by atoms with van der Waals surface area (Å²) in [5, 5.41) is 5.28. The first kappa shape index (κ1) is 16.7. The summed E-state index contributed by atoms with van der Waals surface area (Å²) in [6.45, 7) is 0.652. The van der Waals surface area contributed by atoms with Crippen LogP contribution in [0.25, 0.3) is 0 Å². The van der Waals surface area contributed by atoms with Crippen LogP contribution >= 0.6 is 23.1 Å². The van der Waals surface area contributed by atoms with Gasteiger partial charge in [0.05, 0.1) is 12.6 Å². The SMILES string of the molecule is COCCc1nsc(NC(c2ccc(Cl)cc2)C2CCCC2)n1. The molecule has 4 nitrogen and oxygen atoms in total. The van der Waals surface area contributed by atoms with Crippen LogP contribution in [0.4, 0.5) is 5.13 Å². The summed E-state index contributed by atoms with van der Waals surface area (Å²) in [6.07, 6.45) is 5.90. The molecular formula is C17H22ClN3OS. The molecule has 124 valence electrons. The molecule has 1 atom stereocenters. The summed E-state index contributed by atoms with van der Waals surface area (Å²) in [7, 11) is 1.70. The lowest BCUT2D eigenvalue weighted by atomic mass is 9.92. The van der Waals surface area contributed by atoms with Gasteiger partial charge in [-0.25, -0.2) is 4.98 Å². The Morgan fingerprint density at radius 1 is 1.30 bits per heavy atom. The molecule has 0 spiro atoms. The summed E-state index contributed by atoms with van der Waals surface area (Å²) >= 11 is 7.47.